The molecule has 2 heterocycles. The lowest BCUT2D eigenvalue weighted by Gasteiger charge is -2.34. The van der Waals surface area contributed by atoms with Gasteiger partial charge in [0.05, 0.1) is 17.2 Å². The number of aliphatic hydroxyl groups excluding tert-OH is 1. The Balaban J connectivity index is 1.93. The predicted octanol–water partition coefficient (Wildman–Crippen LogP) is 3.54. The second-order valence-corrected chi connectivity index (χ2v) is 11.4. The first-order chi connectivity index (χ1) is 18.8. The third-order valence-electron chi connectivity index (χ3n) is 8.03. The summed E-state index contributed by atoms with van der Waals surface area (Å²) in [7, 11) is 0. The lowest BCUT2D eigenvalue weighted by Crippen LogP contribution is -2.39. The predicted molar refractivity (Wildman–Crippen MR) is 146 cm³/mol. The van der Waals surface area contributed by atoms with Gasteiger partial charge in [0.25, 0.3) is 0 Å². The Morgan fingerprint density at radius 1 is 1.12 bits per heavy atom. The largest absolute Gasteiger partial charge is 0.507 e. The van der Waals surface area contributed by atoms with E-state index in [1.165, 1.54) is 19.1 Å². The van der Waals surface area contributed by atoms with Crippen LogP contribution in [0.3, 0.4) is 0 Å². The number of allylic oxidation sites excluding steroid dienone is 2. The summed E-state index contributed by atoms with van der Waals surface area (Å²) in [6.07, 6.45) is 5.16. The molecule has 2 aliphatic heterocycles. The average molecular weight is 552 g/mol. The van der Waals surface area contributed by atoms with Crippen LogP contribution in [0.1, 0.15) is 85.2 Å². The standard InChI is InChI=1S/C31H37NO8/c1-6-18-7-9-21(33)24(11-15(2)3)40-30(38)17(5)13-20-29(37)32-25-14-23(35)26-19(31(20,25)39)12-16(4)28(36)27(26)22(34)10-8-18/h7,9,12-15,18,20-21,24,33,36,39H,6,8,10-11H2,1-5H3,(H,32,37)/b9-7+,17-13?/t18-,20-,21?,24-,31-/m0/s1. The highest BCUT2D eigenvalue weighted by Crippen LogP contribution is 2.49. The van der Waals surface area contributed by atoms with Gasteiger partial charge < -0.3 is 25.4 Å². The van der Waals surface area contributed by atoms with Gasteiger partial charge in [0.1, 0.15) is 23.6 Å². The molecule has 5 atom stereocenters. The Hall–Kier alpha value is -3.56. The molecule has 0 aromatic heterocycles. The van der Waals surface area contributed by atoms with Crippen LogP contribution in [0.5, 0.6) is 5.75 Å². The van der Waals surface area contributed by atoms with Crippen molar-refractivity contribution in [3.05, 3.63) is 63.9 Å². The number of esters is 1. The molecule has 1 aromatic carbocycles. The first kappa shape index (κ1) is 29.4. The normalized spacial score (nSPS) is 29.9. The number of amides is 1. The molecule has 1 aliphatic carbocycles. The highest BCUT2D eigenvalue weighted by atomic mass is 16.6. The zero-order chi connectivity index (χ0) is 29.5. The number of hydrogen-bond acceptors (Lipinski definition) is 8. The Morgan fingerprint density at radius 2 is 1.82 bits per heavy atom. The quantitative estimate of drug-likeness (QED) is 0.329. The van der Waals surface area contributed by atoms with Gasteiger partial charge in [-0.1, -0.05) is 39.0 Å². The number of carbonyl (C=O) groups excluding carboxylic acids is 4. The number of cyclic esters (lactones) is 1. The van der Waals surface area contributed by atoms with Crippen molar-refractivity contribution in [3.8, 4) is 5.75 Å². The summed E-state index contributed by atoms with van der Waals surface area (Å²) in [6.45, 7) is 8.81. The molecule has 4 bridgehead atoms. The highest BCUT2D eigenvalue weighted by Gasteiger charge is 2.55. The smallest absolute Gasteiger partial charge is 0.333 e. The van der Waals surface area contributed by atoms with Gasteiger partial charge in [0.15, 0.2) is 11.6 Å². The summed E-state index contributed by atoms with van der Waals surface area (Å²) in [4.78, 5) is 53.1. The van der Waals surface area contributed by atoms with E-state index in [1.807, 2.05) is 20.8 Å². The van der Waals surface area contributed by atoms with Crippen LogP contribution in [0.2, 0.25) is 0 Å². The van der Waals surface area contributed by atoms with Gasteiger partial charge in [0, 0.05) is 29.2 Å². The highest BCUT2D eigenvalue weighted by molar-refractivity contribution is 6.17. The fourth-order valence-corrected chi connectivity index (χ4v) is 5.70. The summed E-state index contributed by atoms with van der Waals surface area (Å²) in [5.41, 5.74) is -2.21. The molecule has 0 saturated carbocycles. The van der Waals surface area contributed by atoms with Gasteiger partial charge in [-0.2, -0.15) is 0 Å². The fourth-order valence-electron chi connectivity index (χ4n) is 5.70. The number of nitrogens with one attached hydrogen (secondary N) is 1. The van der Waals surface area contributed by atoms with Gasteiger partial charge in [-0.15, -0.1) is 0 Å². The number of rotatable bonds is 3. The van der Waals surface area contributed by atoms with E-state index in [0.717, 1.165) is 6.08 Å². The van der Waals surface area contributed by atoms with Crippen molar-refractivity contribution < 1.29 is 39.2 Å². The molecule has 40 heavy (non-hydrogen) atoms. The molecule has 0 spiro atoms. The lowest BCUT2D eigenvalue weighted by molar-refractivity contribution is -0.149. The average Bonchev–Trinajstić information content (AvgIpc) is 3.13. The molecule has 214 valence electrons. The number of aliphatic hydroxyl groups is 2. The Bertz CT molecular complexity index is 1350. The molecule has 3 aliphatic rings. The third kappa shape index (κ3) is 5.15. The van der Waals surface area contributed by atoms with Gasteiger partial charge in [-0.25, -0.2) is 4.79 Å². The lowest BCUT2D eigenvalue weighted by atomic mass is 9.72. The number of carbonyl (C=O) groups is 4. The monoisotopic (exact) mass is 551 g/mol. The zero-order valence-electron chi connectivity index (χ0n) is 23.5. The van der Waals surface area contributed by atoms with Gasteiger partial charge in [0.2, 0.25) is 5.91 Å². The minimum absolute atomic E-state index is 0.00525. The van der Waals surface area contributed by atoms with Crippen LogP contribution in [0.4, 0.5) is 0 Å². The number of ether oxygens (including phenoxy) is 1. The first-order valence-corrected chi connectivity index (χ1v) is 13.7. The first-order valence-electron chi connectivity index (χ1n) is 13.7. The minimum Gasteiger partial charge on any atom is -0.507 e. The number of phenolic OH excluding ortho intramolecular Hbond substituents is 1. The molecule has 4 N–H and O–H groups in total. The molecule has 1 fully saturated rings. The van der Waals surface area contributed by atoms with Crippen LogP contribution in [0.15, 0.2) is 41.6 Å². The zero-order valence-corrected chi connectivity index (χ0v) is 23.5. The van der Waals surface area contributed by atoms with Crippen molar-refractivity contribution in [2.75, 3.05) is 0 Å². The van der Waals surface area contributed by atoms with Crippen LogP contribution in [-0.2, 0) is 19.9 Å². The number of ketones is 2. The molecule has 1 unspecified atom stereocenters. The summed E-state index contributed by atoms with van der Waals surface area (Å²) in [5.74, 6) is -4.19. The van der Waals surface area contributed by atoms with E-state index in [9.17, 15) is 34.5 Å². The molecular weight excluding hydrogens is 514 g/mol. The summed E-state index contributed by atoms with van der Waals surface area (Å²) >= 11 is 0. The van der Waals surface area contributed by atoms with Crippen LogP contribution >= 0.6 is 0 Å². The number of benzene rings is 1. The van der Waals surface area contributed by atoms with Gasteiger partial charge in [-0.3, -0.25) is 14.4 Å². The molecule has 4 rings (SSSR count). The molecule has 1 saturated heterocycles. The van der Waals surface area contributed by atoms with Crippen LogP contribution < -0.4 is 5.32 Å². The maximum atomic E-state index is 13.5. The molecule has 9 nitrogen and oxygen atoms in total. The Morgan fingerprint density at radius 3 is 2.48 bits per heavy atom. The van der Waals surface area contributed by atoms with Crippen molar-refractivity contribution in [3.63, 3.8) is 0 Å². The van der Waals surface area contributed by atoms with E-state index >= 15 is 0 Å². The summed E-state index contributed by atoms with van der Waals surface area (Å²) in [6, 6.07) is 1.40. The van der Waals surface area contributed by atoms with E-state index in [-0.39, 0.29) is 57.5 Å². The van der Waals surface area contributed by atoms with E-state index in [4.69, 9.17) is 4.74 Å². The maximum absolute atomic E-state index is 13.5. The number of aromatic hydroxyl groups is 1. The molecule has 9 heteroatoms. The SMILES string of the molecule is CC[C@H]1/C=C/C(O)[C@H](CC(C)C)OC(=O)C(C)=C[C@H]2C(=O)NC3=CC(=O)c4c(cc(C)c(O)c4C(=O)CC1)[C@@]32O. The number of hydrogen-bond donors (Lipinski definition) is 4. The Kier molecular flexibility index (Phi) is 8.19. The van der Waals surface area contributed by atoms with Crippen molar-refractivity contribution >= 4 is 23.4 Å². The topological polar surface area (TPSA) is 150 Å². The Labute approximate surface area is 233 Å². The van der Waals surface area contributed by atoms with Crippen LogP contribution in [-0.4, -0.2) is 51.0 Å². The van der Waals surface area contributed by atoms with Crippen molar-refractivity contribution in [1.82, 2.24) is 5.32 Å². The van der Waals surface area contributed by atoms with E-state index in [0.29, 0.717) is 19.3 Å². The fraction of sp³-hybridized carbons (Fsp3) is 0.484. The van der Waals surface area contributed by atoms with Crippen molar-refractivity contribution in [2.45, 2.75) is 78.1 Å². The maximum Gasteiger partial charge on any atom is 0.333 e. The second kappa shape index (κ2) is 11.1. The molecule has 1 amide bonds. The van der Waals surface area contributed by atoms with Crippen LogP contribution in [0, 0.1) is 24.7 Å². The van der Waals surface area contributed by atoms with Crippen LogP contribution in [0.25, 0.3) is 0 Å². The second-order valence-electron chi connectivity index (χ2n) is 11.4. The molecular formula is C31H37NO8. The van der Waals surface area contributed by atoms with Crippen molar-refractivity contribution in [2.24, 2.45) is 17.8 Å². The minimum atomic E-state index is -2.09. The number of phenols is 1. The third-order valence-corrected chi connectivity index (χ3v) is 8.03. The summed E-state index contributed by atoms with van der Waals surface area (Å²) in [5, 5.41) is 36.5. The molecule has 1 aromatic rings. The van der Waals surface area contributed by atoms with E-state index < -0.39 is 47.2 Å². The van der Waals surface area contributed by atoms with E-state index in [2.05, 4.69) is 5.32 Å². The van der Waals surface area contributed by atoms with Gasteiger partial charge >= 0.3 is 5.97 Å². The van der Waals surface area contributed by atoms with Gasteiger partial charge in [-0.05, 0) is 56.6 Å². The van der Waals surface area contributed by atoms with Crippen molar-refractivity contribution in [1.29, 1.82) is 0 Å². The summed E-state index contributed by atoms with van der Waals surface area (Å²) < 4.78 is 5.70. The molecule has 0 radical (unpaired) electrons. The number of aryl methyl sites for hydroxylation is 1. The number of Topliss-reactive ketones (excluding diaryl/α,β-unsaturated/α-hetero) is 1. The van der Waals surface area contributed by atoms with E-state index in [1.54, 1.807) is 19.1 Å².